The van der Waals surface area contributed by atoms with Crippen LogP contribution in [0.25, 0.3) is 0 Å². The molecular weight excluding hydrogens is 430 g/mol. The zero-order valence-electron chi connectivity index (χ0n) is 18.7. The normalized spacial score (nSPS) is 20.7. The molecule has 0 saturated carbocycles. The van der Waals surface area contributed by atoms with Crippen molar-refractivity contribution in [2.24, 2.45) is 0 Å². The van der Waals surface area contributed by atoms with E-state index in [1.54, 1.807) is 24.5 Å². The van der Waals surface area contributed by atoms with Gasteiger partial charge in [-0.25, -0.2) is 4.79 Å². The van der Waals surface area contributed by atoms with E-state index in [-0.39, 0.29) is 24.2 Å². The van der Waals surface area contributed by atoms with Crippen LogP contribution in [-0.2, 0) is 4.84 Å². The molecule has 2 fully saturated rings. The van der Waals surface area contributed by atoms with Gasteiger partial charge in [0.2, 0.25) is 0 Å². The maximum Gasteiger partial charge on any atom is 0.427 e. The van der Waals surface area contributed by atoms with Crippen LogP contribution < -0.4 is 10.8 Å². The van der Waals surface area contributed by atoms with Gasteiger partial charge >= 0.3 is 6.09 Å². The topological polar surface area (TPSA) is 86.8 Å². The Morgan fingerprint density at radius 3 is 2.29 bits per heavy atom. The molecule has 2 amide bonds. The van der Waals surface area contributed by atoms with E-state index in [1.165, 1.54) is 11.1 Å². The molecule has 34 heavy (non-hydrogen) atoms. The molecule has 2 aliphatic rings. The van der Waals surface area contributed by atoms with Gasteiger partial charge in [-0.05, 0) is 23.3 Å². The molecule has 8 nitrogen and oxygen atoms in total. The van der Waals surface area contributed by atoms with Crippen LogP contribution in [0, 0.1) is 0 Å². The number of hydroxylamine groups is 1. The van der Waals surface area contributed by atoms with Gasteiger partial charge in [0, 0.05) is 44.5 Å². The number of amides is 2. The van der Waals surface area contributed by atoms with Gasteiger partial charge in [0.05, 0.1) is 11.6 Å². The standard InChI is InChI=1S/C26H27N5O3/c32-25(21-12-7-13-27-17-21)31-15-14-30(18-22(31)16-23-28-26(33)34-29-23)24(19-8-3-1-4-9-19)20-10-5-2-6-11-20/h1-13,17,22-24,29H,14-16,18H2,(H,28,33)/t22-,23?/m0/s1. The average molecular weight is 458 g/mol. The van der Waals surface area contributed by atoms with Crippen molar-refractivity contribution in [2.45, 2.75) is 24.7 Å². The maximum absolute atomic E-state index is 13.4. The molecule has 174 valence electrons. The summed E-state index contributed by atoms with van der Waals surface area (Å²) in [5, 5.41) is 2.77. The van der Waals surface area contributed by atoms with Crippen molar-refractivity contribution in [2.75, 3.05) is 19.6 Å². The first kappa shape index (κ1) is 22.1. The number of benzene rings is 2. The van der Waals surface area contributed by atoms with Crippen LogP contribution in [0.15, 0.2) is 85.2 Å². The quantitative estimate of drug-likeness (QED) is 0.592. The minimum atomic E-state index is -0.505. The van der Waals surface area contributed by atoms with Gasteiger partial charge < -0.3 is 15.1 Å². The summed E-state index contributed by atoms with van der Waals surface area (Å²) in [5.41, 5.74) is 5.70. The lowest BCUT2D eigenvalue weighted by Gasteiger charge is -2.45. The molecule has 2 N–H and O–H groups in total. The smallest absolute Gasteiger partial charge is 0.352 e. The number of hydrogen-bond acceptors (Lipinski definition) is 6. The molecule has 2 aliphatic heterocycles. The molecule has 8 heteroatoms. The van der Waals surface area contributed by atoms with Gasteiger partial charge in [0.25, 0.3) is 5.91 Å². The zero-order valence-corrected chi connectivity index (χ0v) is 18.7. The first-order chi connectivity index (χ1) is 16.7. The lowest BCUT2D eigenvalue weighted by atomic mass is 9.94. The van der Waals surface area contributed by atoms with Gasteiger partial charge in [-0.15, -0.1) is 5.48 Å². The Morgan fingerprint density at radius 2 is 1.71 bits per heavy atom. The number of piperazine rings is 1. The van der Waals surface area contributed by atoms with Crippen molar-refractivity contribution in [3.63, 3.8) is 0 Å². The molecule has 0 bridgehead atoms. The monoisotopic (exact) mass is 457 g/mol. The predicted octanol–water partition coefficient (Wildman–Crippen LogP) is 2.96. The molecule has 5 rings (SSSR count). The van der Waals surface area contributed by atoms with Crippen LogP contribution in [0.4, 0.5) is 4.79 Å². The fourth-order valence-electron chi connectivity index (χ4n) is 4.83. The average Bonchev–Trinajstić information content (AvgIpc) is 3.30. The number of carbonyl (C=O) groups is 2. The Bertz CT molecular complexity index is 1070. The van der Waals surface area contributed by atoms with Crippen LogP contribution >= 0.6 is 0 Å². The molecule has 3 aromatic rings. The fourth-order valence-corrected chi connectivity index (χ4v) is 4.83. The van der Waals surface area contributed by atoms with E-state index in [9.17, 15) is 9.59 Å². The molecule has 1 aromatic heterocycles. The van der Waals surface area contributed by atoms with Gasteiger partial charge in [0.15, 0.2) is 0 Å². The molecule has 2 atom stereocenters. The summed E-state index contributed by atoms with van der Waals surface area (Å²) in [4.78, 5) is 38.3. The summed E-state index contributed by atoms with van der Waals surface area (Å²) in [5.74, 6) is -0.0565. The highest BCUT2D eigenvalue weighted by Gasteiger charge is 2.37. The number of nitrogens with zero attached hydrogens (tertiary/aromatic N) is 3. The van der Waals surface area contributed by atoms with Crippen molar-refractivity contribution >= 4 is 12.0 Å². The van der Waals surface area contributed by atoms with Crippen LogP contribution in [0.1, 0.15) is 33.9 Å². The lowest BCUT2D eigenvalue weighted by Crippen LogP contribution is -2.58. The van der Waals surface area contributed by atoms with E-state index in [2.05, 4.69) is 69.2 Å². The van der Waals surface area contributed by atoms with Gasteiger partial charge in [-0.3, -0.25) is 14.7 Å². The van der Waals surface area contributed by atoms with Crippen LogP contribution in [0.5, 0.6) is 0 Å². The first-order valence-electron chi connectivity index (χ1n) is 11.5. The van der Waals surface area contributed by atoms with E-state index < -0.39 is 6.09 Å². The maximum atomic E-state index is 13.4. The lowest BCUT2D eigenvalue weighted by molar-refractivity contribution is 0.0307. The SMILES string of the molecule is O=C1NC(C[C@H]2CN(C(c3ccccc3)c3ccccc3)CCN2C(=O)c2cccnc2)NO1. The Kier molecular flexibility index (Phi) is 6.51. The molecule has 0 aliphatic carbocycles. The molecular formula is C26H27N5O3. The summed E-state index contributed by atoms with van der Waals surface area (Å²) in [7, 11) is 0. The summed E-state index contributed by atoms with van der Waals surface area (Å²) in [6, 6.07) is 24.3. The van der Waals surface area contributed by atoms with Crippen LogP contribution in [0.2, 0.25) is 0 Å². The highest BCUT2D eigenvalue weighted by atomic mass is 16.7. The van der Waals surface area contributed by atoms with E-state index in [0.717, 1.165) is 6.54 Å². The van der Waals surface area contributed by atoms with Crippen molar-refractivity contribution < 1.29 is 14.4 Å². The summed E-state index contributed by atoms with van der Waals surface area (Å²) in [6.45, 7) is 1.93. The summed E-state index contributed by atoms with van der Waals surface area (Å²) in [6.07, 6.45) is 2.90. The van der Waals surface area contributed by atoms with Crippen molar-refractivity contribution in [1.82, 2.24) is 25.6 Å². The second-order valence-corrected chi connectivity index (χ2v) is 8.55. The minimum Gasteiger partial charge on any atom is -0.352 e. The highest BCUT2D eigenvalue weighted by Crippen LogP contribution is 2.32. The third-order valence-electron chi connectivity index (χ3n) is 6.37. The number of pyridine rings is 1. The zero-order chi connectivity index (χ0) is 23.3. The first-order valence-corrected chi connectivity index (χ1v) is 11.5. The number of hydrogen-bond donors (Lipinski definition) is 2. The Balaban J connectivity index is 1.44. The molecule has 2 aromatic carbocycles. The van der Waals surface area contributed by atoms with Gasteiger partial charge in [0.1, 0.15) is 6.17 Å². The molecule has 1 unspecified atom stereocenters. The number of carbonyl (C=O) groups excluding carboxylic acids is 2. The number of nitrogens with one attached hydrogen (secondary N) is 2. The van der Waals surface area contributed by atoms with E-state index in [0.29, 0.717) is 25.1 Å². The van der Waals surface area contributed by atoms with Gasteiger partial charge in [-0.1, -0.05) is 60.7 Å². The predicted molar refractivity (Wildman–Crippen MR) is 127 cm³/mol. The third-order valence-corrected chi connectivity index (χ3v) is 6.37. The van der Waals surface area contributed by atoms with E-state index in [4.69, 9.17) is 4.84 Å². The second kappa shape index (κ2) is 10.0. The largest absolute Gasteiger partial charge is 0.427 e. The van der Waals surface area contributed by atoms with Crippen molar-refractivity contribution in [3.8, 4) is 0 Å². The summed E-state index contributed by atoms with van der Waals surface area (Å²) >= 11 is 0. The third kappa shape index (κ3) is 4.78. The van der Waals surface area contributed by atoms with E-state index in [1.807, 2.05) is 17.0 Å². The Morgan fingerprint density at radius 1 is 1.00 bits per heavy atom. The number of rotatable bonds is 6. The fraction of sp³-hybridized carbons (Fsp3) is 0.269. The molecule has 0 radical (unpaired) electrons. The van der Waals surface area contributed by atoms with Gasteiger partial charge in [-0.2, -0.15) is 0 Å². The highest BCUT2D eigenvalue weighted by molar-refractivity contribution is 5.94. The molecule has 3 heterocycles. The van der Waals surface area contributed by atoms with Crippen LogP contribution in [0.3, 0.4) is 0 Å². The Labute approximate surface area is 198 Å². The molecule has 0 spiro atoms. The van der Waals surface area contributed by atoms with Crippen molar-refractivity contribution in [3.05, 3.63) is 102 Å². The van der Waals surface area contributed by atoms with Crippen molar-refractivity contribution in [1.29, 1.82) is 0 Å². The van der Waals surface area contributed by atoms with Crippen LogP contribution in [-0.4, -0.2) is 58.6 Å². The molecule has 2 saturated heterocycles. The van der Waals surface area contributed by atoms with E-state index >= 15 is 0 Å². The second-order valence-electron chi connectivity index (χ2n) is 8.55. The Hall–Kier alpha value is -3.75. The minimum absolute atomic E-state index is 0.0565. The number of aromatic nitrogens is 1. The summed E-state index contributed by atoms with van der Waals surface area (Å²) < 4.78 is 0.